The molecule has 0 aliphatic rings. The second-order valence-electron chi connectivity index (χ2n) is 0.761. The molecule has 3 heteroatoms. The van der Waals surface area contributed by atoms with Crippen molar-refractivity contribution >= 4 is 25.8 Å². The summed E-state index contributed by atoms with van der Waals surface area (Å²) in [5.41, 5.74) is 0. The van der Waals surface area contributed by atoms with Gasteiger partial charge in [-0.05, 0) is 0 Å². The molecular formula is C3H4InN2+3. The summed E-state index contributed by atoms with van der Waals surface area (Å²) >= 11 is 0. The van der Waals surface area contributed by atoms with E-state index in [4.69, 9.17) is 0 Å². The van der Waals surface area contributed by atoms with Gasteiger partial charge >= 0.3 is 25.8 Å². The second-order valence-corrected chi connectivity index (χ2v) is 0.761. The molecule has 6 heavy (non-hydrogen) atoms. The minimum Gasteiger partial charge on any atom is -0.351 e. The first kappa shape index (κ1) is 6.08. The molecule has 1 rings (SSSR count). The Morgan fingerprint density at radius 1 is 1.50 bits per heavy atom. The number of H-pyrrole nitrogens is 1. The summed E-state index contributed by atoms with van der Waals surface area (Å²) < 4.78 is 0. The minimum atomic E-state index is 0. The molecule has 1 aromatic rings. The van der Waals surface area contributed by atoms with E-state index in [1.54, 1.807) is 18.7 Å². The van der Waals surface area contributed by atoms with E-state index >= 15 is 0 Å². The van der Waals surface area contributed by atoms with Gasteiger partial charge in [0.1, 0.15) is 0 Å². The van der Waals surface area contributed by atoms with Crippen molar-refractivity contribution in [2.75, 3.05) is 0 Å². The second kappa shape index (κ2) is 3.28. The van der Waals surface area contributed by atoms with Crippen molar-refractivity contribution in [3.63, 3.8) is 0 Å². The summed E-state index contributed by atoms with van der Waals surface area (Å²) in [7, 11) is 0. The van der Waals surface area contributed by atoms with Gasteiger partial charge in [-0.25, -0.2) is 4.98 Å². The van der Waals surface area contributed by atoms with Crippen LogP contribution in [0.3, 0.4) is 0 Å². The molecule has 0 radical (unpaired) electrons. The number of aromatic nitrogens is 2. The van der Waals surface area contributed by atoms with Crippen LogP contribution in [0.15, 0.2) is 18.7 Å². The molecule has 0 fully saturated rings. The Balaban J connectivity index is 0.000000250. The Morgan fingerprint density at radius 2 is 2.33 bits per heavy atom. The Labute approximate surface area is 54.8 Å². The van der Waals surface area contributed by atoms with Gasteiger partial charge in [0.05, 0.1) is 6.33 Å². The van der Waals surface area contributed by atoms with Crippen molar-refractivity contribution in [1.29, 1.82) is 0 Å². The van der Waals surface area contributed by atoms with Crippen LogP contribution < -0.4 is 0 Å². The van der Waals surface area contributed by atoms with Gasteiger partial charge in [0, 0.05) is 12.4 Å². The average molecular weight is 183 g/mol. The smallest absolute Gasteiger partial charge is 0.351 e. The largest absolute Gasteiger partial charge is 3.00 e. The first-order valence-electron chi connectivity index (χ1n) is 1.43. The van der Waals surface area contributed by atoms with Crippen molar-refractivity contribution in [3.05, 3.63) is 18.7 Å². The van der Waals surface area contributed by atoms with Gasteiger partial charge in [-0.2, -0.15) is 0 Å². The molecule has 1 heterocycles. The van der Waals surface area contributed by atoms with Gasteiger partial charge < -0.3 is 4.98 Å². The Hall–Kier alpha value is 0.0801. The zero-order chi connectivity index (χ0) is 3.54. The molecular weight excluding hydrogens is 179 g/mol. The maximum atomic E-state index is 3.67. The van der Waals surface area contributed by atoms with E-state index < -0.39 is 0 Å². The zero-order valence-corrected chi connectivity index (χ0v) is 6.55. The van der Waals surface area contributed by atoms with E-state index in [1.807, 2.05) is 0 Å². The SMILES string of the molecule is [In+3].c1c[nH]cn1. The van der Waals surface area contributed by atoms with Crippen LogP contribution in [0, 0.1) is 0 Å². The maximum Gasteiger partial charge on any atom is 3.00 e. The number of nitrogens with zero attached hydrogens (tertiary/aromatic N) is 1. The summed E-state index contributed by atoms with van der Waals surface area (Å²) in [6, 6.07) is 0. The molecule has 1 N–H and O–H groups in total. The van der Waals surface area contributed by atoms with Crippen molar-refractivity contribution in [2.24, 2.45) is 0 Å². The molecule has 0 unspecified atom stereocenters. The van der Waals surface area contributed by atoms with Gasteiger partial charge in [-0.3, -0.25) is 0 Å². The van der Waals surface area contributed by atoms with E-state index in [0.717, 1.165) is 0 Å². The monoisotopic (exact) mass is 183 g/mol. The fraction of sp³-hybridized carbons (Fsp3) is 0. The predicted octanol–water partition coefficient (Wildman–Crippen LogP) is 0.0289. The fourth-order valence-corrected chi connectivity index (χ4v) is 0.215. The molecule has 26 valence electrons. The third kappa shape index (κ3) is 1.50. The maximum absolute atomic E-state index is 3.67. The van der Waals surface area contributed by atoms with E-state index in [2.05, 4.69) is 9.97 Å². The molecule has 0 aliphatic carbocycles. The number of nitrogens with one attached hydrogen (secondary N) is 1. The Morgan fingerprint density at radius 3 is 2.50 bits per heavy atom. The van der Waals surface area contributed by atoms with Gasteiger partial charge in [0.25, 0.3) is 0 Å². The van der Waals surface area contributed by atoms with Crippen LogP contribution in [0.1, 0.15) is 0 Å². The van der Waals surface area contributed by atoms with Crippen LogP contribution in [-0.4, -0.2) is 35.8 Å². The third-order valence-electron chi connectivity index (χ3n) is 0.406. The number of aromatic amines is 1. The molecule has 0 aromatic carbocycles. The van der Waals surface area contributed by atoms with Crippen LogP contribution in [0.5, 0.6) is 0 Å². The molecule has 0 bridgehead atoms. The number of hydrogen-bond acceptors (Lipinski definition) is 1. The zero-order valence-electron chi connectivity index (χ0n) is 3.26. The topological polar surface area (TPSA) is 28.7 Å². The number of hydrogen-bond donors (Lipinski definition) is 1. The van der Waals surface area contributed by atoms with Crippen LogP contribution in [-0.2, 0) is 0 Å². The Kier molecular flexibility index (Phi) is 3.32. The van der Waals surface area contributed by atoms with Crippen molar-refractivity contribution in [2.45, 2.75) is 0 Å². The van der Waals surface area contributed by atoms with Gasteiger partial charge in [-0.15, -0.1) is 0 Å². The third-order valence-corrected chi connectivity index (χ3v) is 0.406. The molecule has 2 nitrogen and oxygen atoms in total. The molecule has 1 aromatic heterocycles. The summed E-state index contributed by atoms with van der Waals surface area (Å²) in [6.45, 7) is 0. The standard InChI is InChI=1S/C3H4N2.In/c1-2-5-3-4-1;/h1-3H,(H,4,5);/q;+3. The molecule has 0 spiro atoms. The fourth-order valence-electron chi connectivity index (χ4n) is 0.215. The van der Waals surface area contributed by atoms with Crippen LogP contribution in [0.4, 0.5) is 0 Å². The average Bonchev–Trinajstić information content (AvgIpc) is 1.76. The van der Waals surface area contributed by atoms with Crippen molar-refractivity contribution < 1.29 is 0 Å². The number of imidazole rings is 1. The summed E-state index contributed by atoms with van der Waals surface area (Å²) in [6.07, 6.45) is 5.08. The van der Waals surface area contributed by atoms with Crippen molar-refractivity contribution in [3.8, 4) is 0 Å². The molecule has 0 saturated heterocycles. The summed E-state index contributed by atoms with van der Waals surface area (Å²) in [5, 5.41) is 0. The molecule has 0 amide bonds. The molecule has 0 saturated carbocycles. The predicted molar refractivity (Wildman–Crippen MR) is 24.3 cm³/mol. The van der Waals surface area contributed by atoms with Gasteiger partial charge in [0.15, 0.2) is 0 Å². The van der Waals surface area contributed by atoms with Crippen LogP contribution in [0.25, 0.3) is 0 Å². The molecule has 0 aliphatic heterocycles. The van der Waals surface area contributed by atoms with Gasteiger partial charge in [0.2, 0.25) is 0 Å². The molecule has 0 atom stereocenters. The van der Waals surface area contributed by atoms with E-state index in [-0.39, 0.29) is 25.8 Å². The van der Waals surface area contributed by atoms with Crippen molar-refractivity contribution in [1.82, 2.24) is 9.97 Å². The number of rotatable bonds is 0. The Bertz CT molecular complexity index is 65.3. The summed E-state index contributed by atoms with van der Waals surface area (Å²) in [5.74, 6) is 0. The van der Waals surface area contributed by atoms with Crippen LogP contribution in [0.2, 0.25) is 0 Å². The van der Waals surface area contributed by atoms with E-state index in [9.17, 15) is 0 Å². The minimum absolute atomic E-state index is 0. The van der Waals surface area contributed by atoms with E-state index in [1.165, 1.54) is 0 Å². The quantitative estimate of drug-likeness (QED) is 0.603. The van der Waals surface area contributed by atoms with E-state index in [0.29, 0.717) is 0 Å². The first-order valence-corrected chi connectivity index (χ1v) is 1.43. The van der Waals surface area contributed by atoms with Crippen LogP contribution >= 0.6 is 0 Å². The summed E-state index contributed by atoms with van der Waals surface area (Å²) in [4.78, 5) is 6.42. The normalized spacial score (nSPS) is 6.67. The van der Waals surface area contributed by atoms with Gasteiger partial charge in [-0.1, -0.05) is 0 Å². The first-order chi connectivity index (χ1) is 2.50.